The Labute approximate surface area is 91.1 Å². The van der Waals surface area contributed by atoms with Gasteiger partial charge in [0.1, 0.15) is 19.3 Å². The molecule has 0 fully saturated rings. The molecule has 2 aromatic carbocycles. The van der Waals surface area contributed by atoms with Crippen molar-refractivity contribution < 1.29 is 4.74 Å². The molecule has 0 aliphatic rings. The average molecular weight is 194 g/mol. The lowest BCUT2D eigenvalue weighted by Crippen LogP contribution is -1.99. The van der Waals surface area contributed by atoms with Crippen molar-refractivity contribution in [3.8, 4) is 11.5 Å². The van der Waals surface area contributed by atoms with Crippen LogP contribution in [-0.4, -0.2) is 7.85 Å². The minimum absolute atomic E-state index is 0.742. The van der Waals surface area contributed by atoms with E-state index in [1.807, 2.05) is 55.5 Å². The summed E-state index contributed by atoms with van der Waals surface area (Å²) in [4.78, 5) is 0. The molecule has 0 amide bonds. The van der Waals surface area contributed by atoms with E-state index in [1.165, 1.54) is 5.56 Å². The zero-order valence-corrected chi connectivity index (χ0v) is 8.60. The van der Waals surface area contributed by atoms with Crippen molar-refractivity contribution in [1.29, 1.82) is 0 Å². The highest BCUT2D eigenvalue weighted by molar-refractivity contribution is 6.32. The topological polar surface area (TPSA) is 9.23 Å². The fourth-order valence-electron chi connectivity index (χ4n) is 1.35. The third kappa shape index (κ3) is 2.63. The standard InChI is InChI=1S/C13H11BO/c1-10-3-2-4-13(9-10)15-12-7-5-11(14)6-8-12/h2-9H,1H3. The molecule has 0 aliphatic carbocycles. The second-order valence-corrected chi connectivity index (χ2v) is 3.49. The van der Waals surface area contributed by atoms with Gasteiger partial charge in [-0.05, 0) is 36.8 Å². The summed E-state index contributed by atoms with van der Waals surface area (Å²) < 4.78 is 5.66. The highest BCUT2D eigenvalue weighted by atomic mass is 16.5. The molecule has 0 aliphatic heterocycles. The highest BCUT2D eigenvalue weighted by Crippen LogP contribution is 2.20. The molecule has 2 rings (SSSR count). The monoisotopic (exact) mass is 194 g/mol. The molecule has 0 saturated heterocycles. The number of rotatable bonds is 2. The molecule has 2 radical (unpaired) electrons. The quantitative estimate of drug-likeness (QED) is 0.667. The van der Waals surface area contributed by atoms with Crippen molar-refractivity contribution in [3.63, 3.8) is 0 Å². The maximum absolute atomic E-state index is 5.66. The lowest BCUT2D eigenvalue weighted by atomic mass is 9.97. The van der Waals surface area contributed by atoms with E-state index >= 15 is 0 Å². The van der Waals surface area contributed by atoms with E-state index in [2.05, 4.69) is 0 Å². The Hall–Kier alpha value is -1.70. The van der Waals surface area contributed by atoms with Crippen molar-refractivity contribution >= 4 is 13.3 Å². The lowest BCUT2D eigenvalue weighted by Gasteiger charge is -2.06. The van der Waals surface area contributed by atoms with Crippen molar-refractivity contribution in [3.05, 3.63) is 54.1 Å². The van der Waals surface area contributed by atoms with Crippen LogP contribution < -0.4 is 10.2 Å². The van der Waals surface area contributed by atoms with Gasteiger partial charge in [-0.1, -0.05) is 29.7 Å². The molecule has 2 heteroatoms. The summed E-state index contributed by atoms with van der Waals surface area (Å²) in [6.07, 6.45) is 0. The molecule has 15 heavy (non-hydrogen) atoms. The van der Waals surface area contributed by atoms with Crippen LogP contribution >= 0.6 is 0 Å². The molecule has 0 atom stereocenters. The highest BCUT2D eigenvalue weighted by Gasteiger charge is 1.96. The smallest absolute Gasteiger partial charge is 0.127 e. The van der Waals surface area contributed by atoms with Crippen molar-refractivity contribution in [2.75, 3.05) is 0 Å². The maximum Gasteiger partial charge on any atom is 0.127 e. The van der Waals surface area contributed by atoms with Crippen LogP contribution in [0.15, 0.2) is 48.5 Å². The molecular weight excluding hydrogens is 183 g/mol. The summed E-state index contributed by atoms with van der Waals surface area (Å²) in [5, 5.41) is 0. The third-order valence-corrected chi connectivity index (χ3v) is 2.11. The van der Waals surface area contributed by atoms with E-state index in [0.29, 0.717) is 0 Å². The second kappa shape index (κ2) is 4.22. The molecular formula is C13H11BO. The Morgan fingerprint density at radius 3 is 2.33 bits per heavy atom. The predicted molar refractivity (Wildman–Crippen MR) is 63.1 cm³/mol. The summed E-state index contributed by atoms with van der Waals surface area (Å²) in [7, 11) is 5.59. The van der Waals surface area contributed by atoms with Crippen LogP contribution in [0.1, 0.15) is 5.56 Å². The molecule has 0 spiro atoms. The van der Waals surface area contributed by atoms with Crippen LogP contribution in [0.4, 0.5) is 0 Å². The van der Waals surface area contributed by atoms with Gasteiger partial charge in [0.15, 0.2) is 0 Å². The van der Waals surface area contributed by atoms with E-state index in [9.17, 15) is 0 Å². The zero-order chi connectivity index (χ0) is 10.7. The fraction of sp³-hybridized carbons (Fsp3) is 0.0769. The van der Waals surface area contributed by atoms with Crippen LogP contribution in [0, 0.1) is 6.92 Å². The van der Waals surface area contributed by atoms with Crippen LogP contribution in [-0.2, 0) is 0 Å². The van der Waals surface area contributed by atoms with E-state index in [-0.39, 0.29) is 0 Å². The minimum atomic E-state index is 0.742. The number of benzene rings is 2. The van der Waals surface area contributed by atoms with Gasteiger partial charge in [-0.25, -0.2) is 0 Å². The van der Waals surface area contributed by atoms with Crippen LogP contribution in [0.2, 0.25) is 0 Å². The Morgan fingerprint density at radius 1 is 0.933 bits per heavy atom. The van der Waals surface area contributed by atoms with Gasteiger partial charge in [-0.15, -0.1) is 0 Å². The molecule has 0 heterocycles. The summed E-state index contributed by atoms with van der Waals surface area (Å²) in [5.41, 5.74) is 1.93. The molecule has 2 aromatic rings. The summed E-state index contributed by atoms with van der Waals surface area (Å²) in [6.45, 7) is 2.04. The van der Waals surface area contributed by atoms with Gasteiger partial charge in [-0.3, -0.25) is 0 Å². The first-order valence-electron chi connectivity index (χ1n) is 4.84. The Kier molecular flexibility index (Phi) is 2.77. The Bertz CT molecular complexity index is 448. The first-order valence-corrected chi connectivity index (χ1v) is 4.84. The van der Waals surface area contributed by atoms with Gasteiger partial charge in [0.2, 0.25) is 0 Å². The minimum Gasteiger partial charge on any atom is -0.457 e. The van der Waals surface area contributed by atoms with E-state index < -0.39 is 0 Å². The number of hydrogen-bond acceptors (Lipinski definition) is 1. The molecule has 72 valence electrons. The normalized spacial score (nSPS) is 9.93. The van der Waals surface area contributed by atoms with Crippen LogP contribution in [0.3, 0.4) is 0 Å². The van der Waals surface area contributed by atoms with Gasteiger partial charge < -0.3 is 4.74 Å². The first-order chi connectivity index (χ1) is 7.24. The average Bonchev–Trinajstić information content (AvgIpc) is 2.22. The largest absolute Gasteiger partial charge is 0.457 e. The second-order valence-electron chi connectivity index (χ2n) is 3.49. The zero-order valence-electron chi connectivity index (χ0n) is 8.60. The third-order valence-electron chi connectivity index (χ3n) is 2.11. The van der Waals surface area contributed by atoms with Gasteiger partial charge in [0.25, 0.3) is 0 Å². The maximum atomic E-state index is 5.66. The number of hydrogen-bond donors (Lipinski definition) is 0. The van der Waals surface area contributed by atoms with Crippen molar-refractivity contribution in [2.24, 2.45) is 0 Å². The number of aryl methyl sites for hydroxylation is 1. The first kappa shape index (κ1) is 9.84. The van der Waals surface area contributed by atoms with Crippen molar-refractivity contribution in [1.82, 2.24) is 0 Å². The van der Waals surface area contributed by atoms with E-state index in [1.54, 1.807) is 0 Å². The van der Waals surface area contributed by atoms with Gasteiger partial charge >= 0.3 is 0 Å². The van der Waals surface area contributed by atoms with E-state index in [4.69, 9.17) is 12.6 Å². The fourth-order valence-corrected chi connectivity index (χ4v) is 1.35. The van der Waals surface area contributed by atoms with Gasteiger partial charge in [0, 0.05) is 0 Å². The van der Waals surface area contributed by atoms with Gasteiger partial charge in [0.05, 0.1) is 0 Å². The molecule has 0 N–H and O–H groups in total. The Balaban J connectivity index is 2.18. The molecule has 0 saturated carbocycles. The molecule has 0 unspecified atom stereocenters. The number of ether oxygens (including phenoxy) is 1. The summed E-state index contributed by atoms with van der Waals surface area (Å²) in [5.74, 6) is 1.65. The molecule has 1 nitrogen and oxygen atoms in total. The van der Waals surface area contributed by atoms with Crippen LogP contribution in [0.5, 0.6) is 11.5 Å². The summed E-state index contributed by atoms with van der Waals surface area (Å²) in [6, 6.07) is 15.3. The SMILES string of the molecule is [B]c1ccc(Oc2cccc(C)c2)cc1. The molecule has 0 aromatic heterocycles. The molecule has 0 bridgehead atoms. The van der Waals surface area contributed by atoms with Gasteiger partial charge in [-0.2, -0.15) is 0 Å². The van der Waals surface area contributed by atoms with Crippen LogP contribution in [0.25, 0.3) is 0 Å². The Morgan fingerprint density at radius 2 is 1.67 bits per heavy atom. The van der Waals surface area contributed by atoms with Crippen molar-refractivity contribution in [2.45, 2.75) is 6.92 Å². The summed E-state index contributed by atoms with van der Waals surface area (Å²) >= 11 is 0. The predicted octanol–water partition coefficient (Wildman–Crippen LogP) is 2.58. The van der Waals surface area contributed by atoms with E-state index in [0.717, 1.165) is 17.0 Å². The lowest BCUT2D eigenvalue weighted by molar-refractivity contribution is 0.482.